The predicted octanol–water partition coefficient (Wildman–Crippen LogP) is 3.20. The highest BCUT2D eigenvalue weighted by Crippen LogP contribution is 2.38. The van der Waals surface area contributed by atoms with Crippen molar-refractivity contribution in [2.45, 2.75) is 18.7 Å². The zero-order chi connectivity index (χ0) is 8.65. The fourth-order valence-corrected chi connectivity index (χ4v) is 1.45. The van der Waals surface area contributed by atoms with E-state index in [1.165, 1.54) is 6.08 Å². The van der Waals surface area contributed by atoms with Crippen LogP contribution in [0.3, 0.4) is 0 Å². The summed E-state index contributed by atoms with van der Waals surface area (Å²) < 4.78 is 0. The summed E-state index contributed by atoms with van der Waals surface area (Å²) in [6.07, 6.45) is 3.29. The van der Waals surface area contributed by atoms with Crippen LogP contribution in [0.2, 0.25) is 0 Å². The molecule has 0 radical (unpaired) electrons. The third-order valence-electron chi connectivity index (χ3n) is 2.04. The van der Waals surface area contributed by atoms with Crippen LogP contribution in [0.5, 0.6) is 0 Å². The van der Waals surface area contributed by atoms with E-state index in [0.29, 0.717) is 5.03 Å². The van der Waals surface area contributed by atoms with E-state index in [1.807, 2.05) is 13.8 Å². The standard InChI is InChI=1S/C8H10Cl2O/c1-5-7(9)6(11)3-4-8(5,2)10/h3-5,11H,1-2H3. The van der Waals surface area contributed by atoms with Crippen molar-refractivity contribution >= 4 is 23.2 Å². The minimum atomic E-state index is -0.469. The molecule has 0 aromatic heterocycles. The van der Waals surface area contributed by atoms with E-state index in [9.17, 15) is 5.11 Å². The molecule has 3 heteroatoms. The Labute approximate surface area is 76.3 Å². The molecular formula is C8H10Cl2O. The second kappa shape index (κ2) is 2.72. The molecule has 11 heavy (non-hydrogen) atoms. The van der Waals surface area contributed by atoms with Crippen molar-refractivity contribution in [1.29, 1.82) is 0 Å². The van der Waals surface area contributed by atoms with Gasteiger partial charge >= 0.3 is 0 Å². The molecule has 0 saturated carbocycles. The number of hydrogen-bond acceptors (Lipinski definition) is 1. The lowest BCUT2D eigenvalue weighted by Crippen LogP contribution is -2.26. The lowest BCUT2D eigenvalue weighted by molar-refractivity contribution is 0.406. The minimum Gasteiger partial charge on any atom is -0.507 e. The van der Waals surface area contributed by atoms with Crippen molar-refractivity contribution in [3.8, 4) is 0 Å². The summed E-state index contributed by atoms with van der Waals surface area (Å²) >= 11 is 11.9. The zero-order valence-corrected chi connectivity index (χ0v) is 7.95. The molecule has 2 atom stereocenters. The van der Waals surface area contributed by atoms with Crippen LogP contribution >= 0.6 is 23.2 Å². The first-order chi connectivity index (χ1) is 4.95. The van der Waals surface area contributed by atoms with Crippen LogP contribution in [0.4, 0.5) is 0 Å². The number of aliphatic hydroxyl groups is 1. The van der Waals surface area contributed by atoms with Crippen molar-refractivity contribution in [1.82, 2.24) is 0 Å². The summed E-state index contributed by atoms with van der Waals surface area (Å²) in [7, 11) is 0. The van der Waals surface area contributed by atoms with Crippen molar-refractivity contribution in [2.24, 2.45) is 5.92 Å². The van der Waals surface area contributed by atoms with Gasteiger partial charge in [-0.25, -0.2) is 0 Å². The van der Waals surface area contributed by atoms with E-state index < -0.39 is 4.87 Å². The molecule has 0 bridgehead atoms. The highest BCUT2D eigenvalue weighted by molar-refractivity contribution is 6.32. The van der Waals surface area contributed by atoms with E-state index in [0.717, 1.165) is 0 Å². The first-order valence-electron chi connectivity index (χ1n) is 3.42. The second-order valence-electron chi connectivity index (χ2n) is 2.94. The summed E-state index contributed by atoms with van der Waals surface area (Å²) in [6.45, 7) is 3.75. The van der Waals surface area contributed by atoms with E-state index >= 15 is 0 Å². The van der Waals surface area contributed by atoms with Gasteiger partial charge in [-0.05, 0) is 13.0 Å². The largest absolute Gasteiger partial charge is 0.507 e. The van der Waals surface area contributed by atoms with Gasteiger partial charge in [-0.1, -0.05) is 24.6 Å². The Balaban J connectivity index is 3.01. The first kappa shape index (κ1) is 8.95. The van der Waals surface area contributed by atoms with Crippen LogP contribution < -0.4 is 0 Å². The Kier molecular flexibility index (Phi) is 2.22. The van der Waals surface area contributed by atoms with Crippen LogP contribution in [0.1, 0.15) is 13.8 Å². The third-order valence-corrected chi connectivity index (χ3v) is 3.01. The van der Waals surface area contributed by atoms with Gasteiger partial charge in [-0.2, -0.15) is 0 Å². The summed E-state index contributed by atoms with van der Waals surface area (Å²) in [5.74, 6) is 0.0909. The summed E-state index contributed by atoms with van der Waals surface area (Å²) in [6, 6.07) is 0. The molecule has 0 heterocycles. The van der Waals surface area contributed by atoms with Crippen LogP contribution in [0.15, 0.2) is 22.9 Å². The molecule has 0 aliphatic heterocycles. The predicted molar refractivity (Wildman–Crippen MR) is 48.1 cm³/mol. The van der Waals surface area contributed by atoms with Gasteiger partial charge in [0, 0.05) is 5.92 Å². The summed E-state index contributed by atoms with van der Waals surface area (Å²) in [4.78, 5) is -0.469. The van der Waals surface area contributed by atoms with Gasteiger partial charge in [0.1, 0.15) is 5.76 Å². The topological polar surface area (TPSA) is 20.2 Å². The molecule has 0 aromatic rings. The van der Waals surface area contributed by atoms with Crippen molar-refractivity contribution in [3.63, 3.8) is 0 Å². The summed E-state index contributed by atoms with van der Waals surface area (Å²) in [5, 5.41) is 9.62. The van der Waals surface area contributed by atoms with Gasteiger partial charge in [0.25, 0.3) is 0 Å². The van der Waals surface area contributed by atoms with Gasteiger partial charge in [0.15, 0.2) is 0 Å². The molecule has 1 aliphatic rings. The summed E-state index contributed by atoms with van der Waals surface area (Å²) in [5.41, 5.74) is 0. The Hall–Kier alpha value is -0.140. The Morgan fingerprint density at radius 3 is 2.64 bits per heavy atom. The van der Waals surface area contributed by atoms with Gasteiger partial charge in [0.05, 0.1) is 9.91 Å². The number of allylic oxidation sites excluding steroid dienone is 3. The normalized spacial score (nSPS) is 38.0. The number of rotatable bonds is 0. The maximum atomic E-state index is 9.18. The fourth-order valence-electron chi connectivity index (χ4n) is 0.935. The molecule has 1 N–H and O–H groups in total. The maximum absolute atomic E-state index is 9.18. The van der Waals surface area contributed by atoms with E-state index in [-0.39, 0.29) is 11.7 Å². The van der Waals surface area contributed by atoms with Crippen molar-refractivity contribution in [2.75, 3.05) is 0 Å². The smallest absolute Gasteiger partial charge is 0.130 e. The Morgan fingerprint density at radius 1 is 1.64 bits per heavy atom. The molecule has 0 saturated heterocycles. The fraction of sp³-hybridized carbons (Fsp3) is 0.500. The lowest BCUT2D eigenvalue weighted by Gasteiger charge is -2.28. The second-order valence-corrected chi connectivity index (χ2v) is 4.16. The highest BCUT2D eigenvalue weighted by Gasteiger charge is 2.32. The van der Waals surface area contributed by atoms with Crippen molar-refractivity contribution in [3.05, 3.63) is 22.9 Å². The van der Waals surface area contributed by atoms with Gasteiger partial charge in [0.2, 0.25) is 0 Å². The van der Waals surface area contributed by atoms with E-state index in [2.05, 4.69) is 0 Å². The lowest BCUT2D eigenvalue weighted by atomic mass is 9.90. The van der Waals surface area contributed by atoms with Crippen LogP contribution in [0.25, 0.3) is 0 Å². The van der Waals surface area contributed by atoms with Crippen LogP contribution in [-0.4, -0.2) is 9.98 Å². The molecule has 1 aliphatic carbocycles. The SMILES string of the molecule is CC1C(Cl)=C(O)C=CC1(C)Cl. The Bertz CT molecular complexity index is 228. The highest BCUT2D eigenvalue weighted by atomic mass is 35.5. The molecule has 0 fully saturated rings. The minimum absolute atomic E-state index is 0.0316. The number of alkyl halides is 1. The Morgan fingerprint density at radius 2 is 2.18 bits per heavy atom. The van der Waals surface area contributed by atoms with E-state index in [4.69, 9.17) is 23.2 Å². The maximum Gasteiger partial charge on any atom is 0.130 e. The van der Waals surface area contributed by atoms with Gasteiger partial charge in [-0.3, -0.25) is 0 Å². The monoisotopic (exact) mass is 192 g/mol. The molecule has 1 nitrogen and oxygen atoms in total. The van der Waals surface area contributed by atoms with Crippen LogP contribution in [0, 0.1) is 5.92 Å². The number of halogens is 2. The molecule has 62 valence electrons. The van der Waals surface area contributed by atoms with Gasteiger partial charge < -0.3 is 5.11 Å². The van der Waals surface area contributed by atoms with Gasteiger partial charge in [-0.15, -0.1) is 11.6 Å². The molecule has 1 rings (SSSR count). The molecule has 0 amide bonds. The zero-order valence-electron chi connectivity index (χ0n) is 6.44. The molecule has 0 spiro atoms. The van der Waals surface area contributed by atoms with Crippen LogP contribution in [-0.2, 0) is 0 Å². The van der Waals surface area contributed by atoms with E-state index in [1.54, 1.807) is 6.08 Å². The quantitative estimate of drug-likeness (QED) is 0.585. The number of aliphatic hydroxyl groups excluding tert-OH is 1. The molecule has 0 aromatic carbocycles. The average molecular weight is 193 g/mol. The molecular weight excluding hydrogens is 183 g/mol. The third kappa shape index (κ3) is 1.54. The first-order valence-corrected chi connectivity index (χ1v) is 4.17. The number of hydrogen-bond donors (Lipinski definition) is 1. The molecule has 2 unspecified atom stereocenters. The van der Waals surface area contributed by atoms with Crippen molar-refractivity contribution < 1.29 is 5.11 Å². The average Bonchev–Trinajstić information content (AvgIpc) is 1.95.